The van der Waals surface area contributed by atoms with E-state index < -0.39 is 0 Å². The molecule has 1 fully saturated rings. The minimum absolute atomic E-state index is 0.672. The van der Waals surface area contributed by atoms with Crippen LogP contribution in [0.3, 0.4) is 0 Å². The van der Waals surface area contributed by atoms with Crippen molar-refractivity contribution in [3.63, 3.8) is 0 Å². The van der Waals surface area contributed by atoms with E-state index in [1.54, 1.807) is 12.1 Å². The molecule has 0 unspecified atom stereocenters. The number of hydrogen-bond donors (Lipinski definition) is 0. The van der Waals surface area contributed by atoms with E-state index in [0.29, 0.717) is 5.56 Å². The van der Waals surface area contributed by atoms with Gasteiger partial charge in [-0.1, -0.05) is 0 Å². The lowest BCUT2D eigenvalue weighted by Gasteiger charge is -2.25. The van der Waals surface area contributed by atoms with Crippen molar-refractivity contribution in [2.24, 2.45) is 0 Å². The molecule has 90 valence electrons. The fourth-order valence-corrected chi connectivity index (χ4v) is 2.72. The maximum absolute atomic E-state index is 8.68. The molecule has 1 aromatic carbocycles. The number of hydrogen-bond acceptors (Lipinski definition) is 4. The Morgan fingerprint density at radius 2 is 1.94 bits per heavy atom. The SMILES string of the molecule is N#Cc1ccc(OCCN2CCSCC2)cc1. The van der Waals surface area contributed by atoms with E-state index in [2.05, 4.69) is 11.0 Å². The summed E-state index contributed by atoms with van der Waals surface area (Å²) in [7, 11) is 0. The Bertz CT molecular complexity index is 379. The van der Waals surface area contributed by atoms with Gasteiger partial charge in [0.05, 0.1) is 11.6 Å². The summed E-state index contributed by atoms with van der Waals surface area (Å²) in [5.41, 5.74) is 0.672. The van der Waals surface area contributed by atoms with Crippen LogP contribution < -0.4 is 4.74 Å². The second-order valence-electron chi connectivity index (χ2n) is 3.94. The molecule has 1 aromatic rings. The van der Waals surface area contributed by atoms with E-state index in [-0.39, 0.29) is 0 Å². The quantitative estimate of drug-likeness (QED) is 0.816. The molecule has 0 aliphatic carbocycles. The molecule has 1 saturated heterocycles. The van der Waals surface area contributed by atoms with Crippen molar-refractivity contribution in [2.75, 3.05) is 37.7 Å². The van der Waals surface area contributed by atoms with Gasteiger partial charge in [-0.2, -0.15) is 17.0 Å². The van der Waals surface area contributed by atoms with Crippen molar-refractivity contribution in [1.82, 2.24) is 4.90 Å². The fraction of sp³-hybridized carbons (Fsp3) is 0.462. The lowest BCUT2D eigenvalue weighted by molar-refractivity contribution is 0.222. The standard InChI is InChI=1S/C13H16N2OS/c14-11-12-1-3-13(4-2-12)16-8-5-15-6-9-17-10-7-15/h1-4H,5-10H2. The summed E-state index contributed by atoms with van der Waals surface area (Å²) in [6.07, 6.45) is 0. The summed E-state index contributed by atoms with van der Waals surface area (Å²) < 4.78 is 5.65. The smallest absolute Gasteiger partial charge is 0.119 e. The van der Waals surface area contributed by atoms with Gasteiger partial charge in [-0.05, 0) is 24.3 Å². The van der Waals surface area contributed by atoms with Gasteiger partial charge in [0.15, 0.2) is 0 Å². The highest BCUT2D eigenvalue weighted by atomic mass is 32.2. The van der Waals surface area contributed by atoms with Crippen molar-refractivity contribution in [3.8, 4) is 11.8 Å². The van der Waals surface area contributed by atoms with Gasteiger partial charge in [0.25, 0.3) is 0 Å². The zero-order valence-corrected chi connectivity index (χ0v) is 10.6. The minimum Gasteiger partial charge on any atom is -0.492 e. The Labute approximate surface area is 106 Å². The first-order chi connectivity index (χ1) is 8.38. The highest BCUT2D eigenvalue weighted by Crippen LogP contribution is 2.12. The van der Waals surface area contributed by atoms with Crippen LogP contribution in [0.4, 0.5) is 0 Å². The van der Waals surface area contributed by atoms with E-state index in [1.165, 1.54) is 24.6 Å². The maximum Gasteiger partial charge on any atom is 0.119 e. The largest absolute Gasteiger partial charge is 0.492 e. The van der Waals surface area contributed by atoms with Crippen molar-refractivity contribution in [1.29, 1.82) is 5.26 Å². The van der Waals surface area contributed by atoms with Crippen LogP contribution in [0.15, 0.2) is 24.3 Å². The molecule has 1 heterocycles. The van der Waals surface area contributed by atoms with Gasteiger partial charge in [0.1, 0.15) is 12.4 Å². The van der Waals surface area contributed by atoms with E-state index >= 15 is 0 Å². The number of nitriles is 1. The third kappa shape index (κ3) is 3.95. The second-order valence-corrected chi connectivity index (χ2v) is 5.16. The summed E-state index contributed by atoms with van der Waals surface area (Å²) in [4.78, 5) is 2.43. The topological polar surface area (TPSA) is 36.3 Å². The van der Waals surface area contributed by atoms with E-state index in [9.17, 15) is 0 Å². The zero-order valence-electron chi connectivity index (χ0n) is 9.76. The Morgan fingerprint density at radius 3 is 2.59 bits per heavy atom. The maximum atomic E-state index is 8.68. The van der Waals surface area contributed by atoms with Gasteiger partial charge in [0, 0.05) is 31.1 Å². The van der Waals surface area contributed by atoms with Crippen molar-refractivity contribution < 1.29 is 4.74 Å². The second kappa shape index (κ2) is 6.53. The van der Waals surface area contributed by atoms with Crippen LogP contribution in [-0.4, -0.2) is 42.6 Å². The van der Waals surface area contributed by atoms with Crippen molar-refractivity contribution >= 4 is 11.8 Å². The van der Waals surface area contributed by atoms with Crippen LogP contribution in [-0.2, 0) is 0 Å². The molecule has 2 rings (SSSR count). The molecule has 0 atom stereocenters. The first-order valence-electron chi connectivity index (χ1n) is 5.81. The Morgan fingerprint density at radius 1 is 1.24 bits per heavy atom. The predicted molar refractivity (Wildman–Crippen MR) is 70.4 cm³/mol. The average molecular weight is 248 g/mol. The molecule has 4 heteroatoms. The van der Waals surface area contributed by atoms with Gasteiger partial charge in [-0.25, -0.2) is 0 Å². The Balaban J connectivity index is 1.72. The zero-order chi connectivity index (χ0) is 11.9. The normalized spacial score (nSPS) is 16.4. The van der Waals surface area contributed by atoms with Crippen LogP contribution in [0.1, 0.15) is 5.56 Å². The molecule has 1 aliphatic rings. The lowest BCUT2D eigenvalue weighted by atomic mass is 10.2. The highest BCUT2D eigenvalue weighted by molar-refractivity contribution is 7.99. The number of benzene rings is 1. The highest BCUT2D eigenvalue weighted by Gasteiger charge is 2.09. The molecular weight excluding hydrogens is 232 g/mol. The molecule has 0 aromatic heterocycles. The van der Waals surface area contributed by atoms with Gasteiger partial charge in [-0.15, -0.1) is 0 Å². The first kappa shape index (κ1) is 12.3. The van der Waals surface area contributed by atoms with Crippen LogP contribution >= 0.6 is 11.8 Å². The number of nitrogens with zero attached hydrogens (tertiary/aromatic N) is 2. The summed E-state index contributed by atoms with van der Waals surface area (Å²) >= 11 is 2.02. The molecule has 0 bridgehead atoms. The third-order valence-electron chi connectivity index (χ3n) is 2.76. The molecule has 17 heavy (non-hydrogen) atoms. The molecular formula is C13H16N2OS. The van der Waals surface area contributed by atoms with Gasteiger partial charge in [0.2, 0.25) is 0 Å². The van der Waals surface area contributed by atoms with Crippen molar-refractivity contribution in [3.05, 3.63) is 29.8 Å². The fourth-order valence-electron chi connectivity index (χ4n) is 1.74. The minimum atomic E-state index is 0.672. The van der Waals surface area contributed by atoms with Gasteiger partial charge < -0.3 is 4.74 Å². The lowest BCUT2D eigenvalue weighted by Crippen LogP contribution is -2.35. The van der Waals surface area contributed by atoms with E-state index in [0.717, 1.165) is 18.9 Å². The Kier molecular flexibility index (Phi) is 4.72. The molecule has 1 aliphatic heterocycles. The summed E-state index contributed by atoms with van der Waals surface area (Å²) in [5, 5.41) is 8.68. The Hall–Kier alpha value is -1.18. The third-order valence-corrected chi connectivity index (χ3v) is 3.71. The van der Waals surface area contributed by atoms with E-state index in [4.69, 9.17) is 10.00 Å². The van der Waals surface area contributed by atoms with Crippen LogP contribution in [0.5, 0.6) is 5.75 Å². The van der Waals surface area contributed by atoms with Gasteiger partial charge >= 0.3 is 0 Å². The summed E-state index contributed by atoms with van der Waals surface area (Å²) in [5.74, 6) is 3.31. The number of thioether (sulfide) groups is 1. The van der Waals surface area contributed by atoms with Gasteiger partial charge in [-0.3, -0.25) is 4.90 Å². The molecule has 0 N–H and O–H groups in total. The summed E-state index contributed by atoms with van der Waals surface area (Å²) in [6, 6.07) is 9.37. The van der Waals surface area contributed by atoms with E-state index in [1.807, 2.05) is 23.9 Å². The molecule has 0 amide bonds. The van der Waals surface area contributed by atoms with Crippen LogP contribution in [0, 0.1) is 11.3 Å². The predicted octanol–water partition coefficient (Wildman–Crippen LogP) is 1.99. The monoisotopic (exact) mass is 248 g/mol. The number of ether oxygens (including phenoxy) is 1. The van der Waals surface area contributed by atoms with Crippen LogP contribution in [0.25, 0.3) is 0 Å². The molecule has 0 spiro atoms. The first-order valence-corrected chi connectivity index (χ1v) is 6.97. The summed E-state index contributed by atoms with van der Waals surface area (Å²) in [6.45, 7) is 4.04. The molecule has 0 saturated carbocycles. The molecule has 3 nitrogen and oxygen atoms in total. The average Bonchev–Trinajstić information content (AvgIpc) is 2.41. The number of rotatable bonds is 4. The van der Waals surface area contributed by atoms with Crippen LogP contribution in [0.2, 0.25) is 0 Å². The molecule has 0 radical (unpaired) electrons. The van der Waals surface area contributed by atoms with Crippen molar-refractivity contribution in [2.45, 2.75) is 0 Å².